The third-order valence-electron chi connectivity index (χ3n) is 2.28. The Hall–Kier alpha value is -1.34. The van der Waals surface area contributed by atoms with Crippen molar-refractivity contribution in [3.8, 4) is 0 Å². The summed E-state index contributed by atoms with van der Waals surface area (Å²) in [4.78, 5) is 32.7. The van der Waals surface area contributed by atoms with Crippen LogP contribution in [0.5, 0.6) is 0 Å². The minimum Gasteiger partial charge on any atom is -0.463 e. The zero-order chi connectivity index (χ0) is 14.6. The van der Waals surface area contributed by atoms with E-state index in [1.165, 1.54) is 20.8 Å². The van der Waals surface area contributed by atoms with Crippen LogP contribution in [0.3, 0.4) is 0 Å². The van der Waals surface area contributed by atoms with Gasteiger partial charge in [-0.15, -0.1) is 11.6 Å². The Kier molecular flexibility index (Phi) is 5.56. The highest BCUT2D eigenvalue weighted by Gasteiger charge is 2.48. The average Bonchev–Trinajstić information content (AvgIpc) is 2.53. The molecule has 0 bridgehead atoms. The minimum atomic E-state index is -1.05. The quantitative estimate of drug-likeness (QED) is 0.420. The summed E-state index contributed by atoms with van der Waals surface area (Å²) in [5.41, 5.74) is 0. The highest BCUT2D eigenvalue weighted by molar-refractivity contribution is 6.21. The van der Waals surface area contributed by atoms with E-state index in [-0.39, 0.29) is 6.61 Å². The number of hydrogen-bond donors (Lipinski definition) is 0. The van der Waals surface area contributed by atoms with Crippen molar-refractivity contribution in [2.24, 2.45) is 0 Å². The lowest BCUT2D eigenvalue weighted by molar-refractivity contribution is -0.179. The minimum absolute atomic E-state index is 0.145. The summed E-state index contributed by atoms with van der Waals surface area (Å²) >= 11 is 6.02. The number of rotatable bonds is 4. The number of ether oxygens (including phenoxy) is 4. The van der Waals surface area contributed by atoms with E-state index in [1.54, 1.807) is 0 Å². The molecule has 4 atom stereocenters. The second kappa shape index (κ2) is 6.72. The van der Waals surface area contributed by atoms with Gasteiger partial charge in [0, 0.05) is 20.8 Å². The van der Waals surface area contributed by atoms with E-state index in [0.717, 1.165) is 0 Å². The zero-order valence-corrected chi connectivity index (χ0v) is 11.5. The Morgan fingerprint density at radius 3 is 2.11 bits per heavy atom. The molecule has 0 N–H and O–H groups in total. The molecule has 0 spiro atoms. The van der Waals surface area contributed by atoms with Gasteiger partial charge in [0.05, 0.1) is 0 Å². The van der Waals surface area contributed by atoms with Crippen molar-refractivity contribution >= 4 is 29.5 Å². The molecule has 1 fully saturated rings. The van der Waals surface area contributed by atoms with E-state index < -0.39 is 41.8 Å². The van der Waals surface area contributed by atoms with Crippen LogP contribution in [-0.4, -0.2) is 48.4 Å². The van der Waals surface area contributed by atoms with E-state index in [1.807, 2.05) is 0 Å². The third kappa shape index (κ3) is 4.68. The van der Waals surface area contributed by atoms with Crippen LogP contribution >= 0.6 is 11.6 Å². The van der Waals surface area contributed by atoms with Gasteiger partial charge >= 0.3 is 17.9 Å². The van der Waals surface area contributed by atoms with Crippen LogP contribution in [0.15, 0.2) is 0 Å². The van der Waals surface area contributed by atoms with Gasteiger partial charge in [-0.05, 0) is 0 Å². The molecule has 8 heteroatoms. The van der Waals surface area contributed by atoms with Crippen LogP contribution in [-0.2, 0) is 33.3 Å². The summed E-state index contributed by atoms with van der Waals surface area (Å²) in [6, 6.07) is 0. The number of halogens is 1. The maximum absolute atomic E-state index is 11.0. The number of hydrogen-bond acceptors (Lipinski definition) is 7. The van der Waals surface area contributed by atoms with E-state index in [4.69, 9.17) is 30.5 Å². The molecule has 1 rings (SSSR count). The Balaban J connectivity index is 2.71. The predicted molar refractivity (Wildman–Crippen MR) is 62.3 cm³/mol. The van der Waals surface area contributed by atoms with Crippen molar-refractivity contribution < 1.29 is 33.3 Å². The van der Waals surface area contributed by atoms with Crippen LogP contribution in [0.25, 0.3) is 0 Å². The topological polar surface area (TPSA) is 88.1 Å². The second-order valence-corrected chi connectivity index (χ2v) is 4.48. The van der Waals surface area contributed by atoms with Gasteiger partial charge < -0.3 is 18.9 Å². The highest BCUT2D eigenvalue weighted by atomic mass is 35.5. The second-order valence-electron chi connectivity index (χ2n) is 3.97. The molecule has 0 aromatic rings. The van der Waals surface area contributed by atoms with Gasteiger partial charge in [0.25, 0.3) is 0 Å². The Bertz CT molecular complexity index is 370. The first kappa shape index (κ1) is 15.7. The molecule has 108 valence electrons. The zero-order valence-electron chi connectivity index (χ0n) is 10.8. The summed E-state index contributed by atoms with van der Waals surface area (Å²) in [6.45, 7) is 3.50. The van der Waals surface area contributed by atoms with E-state index >= 15 is 0 Å². The summed E-state index contributed by atoms with van der Waals surface area (Å²) in [7, 11) is 0. The van der Waals surface area contributed by atoms with Crippen molar-refractivity contribution in [3.05, 3.63) is 0 Å². The molecule has 0 saturated carbocycles. The summed E-state index contributed by atoms with van der Waals surface area (Å²) in [5.74, 6) is -1.65. The predicted octanol–water partition coefficient (Wildman–Crippen LogP) is 0.377. The molecule has 0 unspecified atom stereocenters. The van der Waals surface area contributed by atoms with Gasteiger partial charge in [-0.1, -0.05) is 0 Å². The molecular weight excluding hydrogens is 280 g/mol. The lowest BCUT2D eigenvalue weighted by atomic mass is 10.2. The summed E-state index contributed by atoms with van der Waals surface area (Å²) < 4.78 is 20.0. The molecule has 1 saturated heterocycles. The Morgan fingerprint density at radius 2 is 1.63 bits per heavy atom. The summed E-state index contributed by atoms with van der Waals surface area (Å²) in [5, 5.41) is -0.867. The van der Waals surface area contributed by atoms with Crippen LogP contribution in [0, 0.1) is 0 Å². The van der Waals surface area contributed by atoms with Crippen molar-refractivity contribution in [3.63, 3.8) is 0 Å². The lowest BCUT2D eigenvalue weighted by Gasteiger charge is -2.18. The smallest absolute Gasteiger partial charge is 0.304 e. The maximum atomic E-state index is 11.0. The van der Waals surface area contributed by atoms with Crippen molar-refractivity contribution in [2.75, 3.05) is 6.61 Å². The van der Waals surface area contributed by atoms with Crippen LogP contribution in [0.2, 0.25) is 0 Å². The molecule has 0 aliphatic carbocycles. The molecular formula is C11H15ClO7. The molecule has 7 nitrogen and oxygen atoms in total. The molecule has 19 heavy (non-hydrogen) atoms. The van der Waals surface area contributed by atoms with Crippen molar-refractivity contribution in [1.82, 2.24) is 0 Å². The molecule has 0 amide bonds. The van der Waals surface area contributed by atoms with E-state index in [9.17, 15) is 14.4 Å². The van der Waals surface area contributed by atoms with Gasteiger partial charge in [0.1, 0.15) is 18.1 Å². The van der Waals surface area contributed by atoms with Gasteiger partial charge in [-0.2, -0.15) is 0 Å². The molecule has 0 radical (unpaired) electrons. The number of carbonyl (C=O) groups excluding carboxylic acids is 3. The van der Waals surface area contributed by atoms with Gasteiger partial charge in [0.15, 0.2) is 6.10 Å². The van der Waals surface area contributed by atoms with E-state index in [0.29, 0.717) is 0 Å². The largest absolute Gasteiger partial charge is 0.463 e. The molecule has 0 aromatic carbocycles. The standard InChI is InChI=1S/C11H15ClO7/c1-5(13)16-4-8-10(17-6(2)14)9(12)11(19-8)18-7(3)15/h8-11H,4H2,1-3H3/t8-,9+,10-,11-/m1/s1. The van der Waals surface area contributed by atoms with Crippen LogP contribution < -0.4 is 0 Å². The third-order valence-corrected chi connectivity index (χ3v) is 2.74. The van der Waals surface area contributed by atoms with Crippen molar-refractivity contribution in [2.45, 2.75) is 44.6 Å². The fourth-order valence-electron chi connectivity index (χ4n) is 1.61. The van der Waals surface area contributed by atoms with Gasteiger partial charge in [-0.25, -0.2) is 0 Å². The molecule has 1 aliphatic heterocycles. The molecule has 0 aromatic heterocycles. The Labute approximate surface area is 115 Å². The molecule has 1 aliphatic rings. The maximum Gasteiger partial charge on any atom is 0.304 e. The van der Waals surface area contributed by atoms with E-state index in [2.05, 4.69) is 0 Å². The lowest BCUT2D eigenvalue weighted by Crippen LogP contribution is -2.36. The monoisotopic (exact) mass is 294 g/mol. The average molecular weight is 295 g/mol. The summed E-state index contributed by atoms with van der Waals surface area (Å²) in [6.07, 6.45) is -2.69. The highest BCUT2D eigenvalue weighted by Crippen LogP contribution is 2.29. The fourth-order valence-corrected chi connectivity index (χ4v) is 1.93. The fraction of sp³-hybridized carbons (Fsp3) is 0.727. The first-order valence-electron chi connectivity index (χ1n) is 5.58. The normalized spacial score (nSPS) is 29.7. The number of esters is 3. The SMILES string of the molecule is CC(=O)OC[C@H]1O[C@@H](OC(C)=O)[C@@H](Cl)[C@@H]1OC(C)=O. The van der Waals surface area contributed by atoms with Crippen LogP contribution in [0.1, 0.15) is 20.8 Å². The first-order valence-corrected chi connectivity index (χ1v) is 6.02. The Morgan fingerprint density at radius 1 is 1.05 bits per heavy atom. The van der Waals surface area contributed by atoms with Gasteiger partial charge in [0.2, 0.25) is 6.29 Å². The first-order chi connectivity index (χ1) is 8.81. The van der Waals surface area contributed by atoms with Crippen LogP contribution in [0.4, 0.5) is 0 Å². The number of alkyl halides is 1. The number of carbonyl (C=O) groups is 3. The molecule has 1 heterocycles. The van der Waals surface area contributed by atoms with Gasteiger partial charge in [-0.3, -0.25) is 14.4 Å². The van der Waals surface area contributed by atoms with Crippen molar-refractivity contribution in [1.29, 1.82) is 0 Å².